The minimum atomic E-state index is -3.70. The minimum absolute atomic E-state index is 0.133. The van der Waals surface area contributed by atoms with E-state index in [1.165, 1.54) is 23.6 Å². The van der Waals surface area contributed by atoms with E-state index in [-0.39, 0.29) is 16.2 Å². The molecule has 0 spiro atoms. The molecule has 1 heterocycles. The van der Waals surface area contributed by atoms with Crippen molar-refractivity contribution in [2.45, 2.75) is 37.5 Å². The summed E-state index contributed by atoms with van der Waals surface area (Å²) in [4.78, 5) is 24.8. The first-order valence-electron chi connectivity index (χ1n) is 11.6. The Hall–Kier alpha value is -3.68. The van der Waals surface area contributed by atoms with E-state index in [2.05, 4.69) is 5.32 Å². The molecule has 0 bridgehead atoms. The van der Waals surface area contributed by atoms with Gasteiger partial charge < -0.3 is 14.8 Å². The molecular weight excluding hydrogens is 482 g/mol. The lowest BCUT2D eigenvalue weighted by Gasteiger charge is -2.21. The number of hydrogen-bond acceptors (Lipinski definition) is 7. The lowest BCUT2D eigenvalue weighted by molar-refractivity contribution is -0.142. The molecule has 1 fully saturated rings. The molecular formula is C26H29N3O6S. The summed E-state index contributed by atoms with van der Waals surface area (Å²) in [5.74, 6) is -0.979. The fourth-order valence-corrected chi connectivity index (χ4v) is 5.55. The van der Waals surface area contributed by atoms with Crippen LogP contribution in [0.5, 0.6) is 5.75 Å². The third kappa shape index (κ3) is 6.93. The highest BCUT2D eigenvalue weighted by molar-refractivity contribution is 7.89. The molecule has 0 radical (unpaired) electrons. The van der Waals surface area contributed by atoms with Crippen LogP contribution in [-0.2, 0) is 24.3 Å². The first kappa shape index (κ1) is 26.9. The Balaban J connectivity index is 1.64. The van der Waals surface area contributed by atoms with Gasteiger partial charge in [-0.25, -0.2) is 13.2 Å². The highest BCUT2D eigenvalue weighted by Gasteiger charge is 2.27. The molecule has 3 rings (SSSR count). The van der Waals surface area contributed by atoms with E-state index in [1.807, 2.05) is 0 Å². The molecule has 190 valence electrons. The van der Waals surface area contributed by atoms with Gasteiger partial charge in [-0.15, -0.1) is 0 Å². The molecule has 0 unspecified atom stereocenters. The maximum atomic E-state index is 13.2. The van der Waals surface area contributed by atoms with Gasteiger partial charge in [0, 0.05) is 18.8 Å². The summed E-state index contributed by atoms with van der Waals surface area (Å²) in [6, 6.07) is 13.1. The van der Waals surface area contributed by atoms with Crippen LogP contribution in [0.25, 0.3) is 6.08 Å². The normalized spacial score (nSPS) is 14.9. The van der Waals surface area contributed by atoms with Gasteiger partial charge in [-0.05, 0) is 61.2 Å². The van der Waals surface area contributed by atoms with Gasteiger partial charge in [0.2, 0.25) is 10.0 Å². The van der Waals surface area contributed by atoms with Crippen molar-refractivity contribution in [3.8, 4) is 11.8 Å². The van der Waals surface area contributed by atoms with E-state index in [0.717, 1.165) is 25.7 Å². The largest absolute Gasteiger partial charge is 0.497 e. The summed E-state index contributed by atoms with van der Waals surface area (Å²) in [7, 11) is -2.18. The smallest absolute Gasteiger partial charge is 0.349 e. The van der Waals surface area contributed by atoms with Gasteiger partial charge in [-0.1, -0.05) is 31.0 Å². The molecule has 1 aliphatic rings. The Labute approximate surface area is 211 Å². The Morgan fingerprint density at radius 3 is 2.36 bits per heavy atom. The summed E-state index contributed by atoms with van der Waals surface area (Å²) in [5.41, 5.74) is 1.16. The second-order valence-corrected chi connectivity index (χ2v) is 10.3. The molecule has 36 heavy (non-hydrogen) atoms. The fourth-order valence-electron chi connectivity index (χ4n) is 3.79. The van der Waals surface area contributed by atoms with E-state index in [1.54, 1.807) is 49.4 Å². The molecule has 0 saturated carbocycles. The Morgan fingerprint density at radius 2 is 1.75 bits per heavy atom. The van der Waals surface area contributed by atoms with E-state index in [4.69, 9.17) is 9.47 Å². The van der Waals surface area contributed by atoms with E-state index in [9.17, 15) is 23.3 Å². The lowest BCUT2D eigenvalue weighted by atomic mass is 10.1. The second kappa shape index (κ2) is 12.3. The van der Waals surface area contributed by atoms with Crippen molar-refractivity contribution in [1.29, 1.82) is 5.26 Å². The number of hydrogen-bond donors (Lipinski definition) is 1. The van der Waals surface area contributed by atoms with Crippen LogP contribution in [0.2, 0.25) is 0 Å². The number of carbonyl (C=O) groups excluding carboxylic acids is 2. The molecule has 1 saturated heterocycles. The third-order valence-corrected chi connectivity index (χ3v) is 7.80. The predicted octanol–water partition coefficient (Wildman–Crippen LogP) is 3.66. The van der Waals surface area contributed by atoms with Crippen molar-refractivity contribution in [1.82, 2.24) is 4.31 Å². The number of nitrogens with zero attached hydrogens (tertiary/aromatic N) is 2. The number of anilines is 1. The molecule has 0 aromatic heterocycles. The monoisotopic (exact) mass is 511 g/mol. The minimum Gasteiger partial charge on any atom is -0.497 e. The van der Waals surface area contributed by atoms with Crippen molar-refractivity contribution < 1.29 is 27.5 Å². The van der Waals surface area contributed by atoms with Gasteiger partial charge in [0.15, 0.2) is 6.61 Å². The highest BCUT2D eigenvalue weighted by Crippen LogP contribution is 2.26. The maximum Gasteiger partial charge on any atom is 0.349 e. The Bertz CT molecular complexity index is 1270. The zero-order valence-corrected chi connectivity index (χ0v) is 21.1. The second-order valence-electron chi connectivity index (χ2n) is 8.37. The van der Waals surface area contributed by atoms with Crippen LogP contribution in [0.1, 0.15) is 36.8 Å². The molecule has 9 nitrogen and oxygen atoms in total. The van der Waals surface area contributed by atoms with Gasteiger partial charge in [0.05, 0.1) is 12.0 Å². The quantitative estimate of drug-likeness (QED) is 0.326. The van der Waals surface area contributed by atoms with Crippen LogP contribution in [-0.4, -0.2) is 51.4 Å². The van der Waals surface area contributed by atoms with Crippen molar-refractivity contribution in [3.63, 3.8) is 0 Å². The number of amides is 1. The summed E-state index contributed by atoms with van der Waals surface area (Å²) in [6.45, 7) is 2.01. The van der Waals surface area contributed by atoms with Crippen molar-refractivity contribution in [2.75, 3.05) is 32.1 Å². The number of esters is 1. The van der Waals surface area contributed by atoms with Gasteiger partial charge >= 0.3 is 5.97 Å². The van der Waals surface area contributed by atoms with Crippen LogP contribution in [0.3, 0.4) is 0 Å². The number of sulfonamides is 1. The number of nitrogens with one attached hydrogen (secondary N) is 1. The first-order chi connectivity index (χ1) is 17.2. The Kier molecular flexibility index (Phi) is 9.22. The van der Waals surface area contributed by atoms with Crippen LogP contribution < -0.4 is 10.1 Å². The summed E-state index contributed by atoms with van der Waals surface area (Å²) in [6.07, 6.45) is 4.99. The molecule has 2 aromatic carbocycles. The topological polar surface area (TPSA) is 126 Å². The van der Waals surface area contributed by atoms with E-state index < -0.39 is 28.5 Å². The zero-order chi connectivity index (χ0) is 26.1. The average Bonchev–Trinajstić information content (AvgIpc) is 3.17. The first-order valence-corrected chi connectivity index (χ1v) is 13.0. The van der Waals surface area contributed by atoms with Crippen molar-refractivity contribution >= 4 is 33.7 Å². The van der Waals surface area contributed by atoms with Gasteiger partial charge in [-0.2, -0.15) is 9.57 Å². The lowest BCUT2D eigenvalue weighted by Crippen LogP contribution is -2.32. The van der Waals surface area contributed by atoms with Gasteiger partial charge in [0.1, 0.15) is 17.4 Å². The molecule has 1 amide bonds. The summed E-state index contributed by atoms with van der Waals surface area (Å²) >= 11 is 0. The maximum absolute atomic E-state index is 13.2. The SMILES string of the molecule is COc1ccc(/C=C(/C#N)C(=O)OCC(=O)Nc2ccc(C)c(S(=O)(=O)N3CCCCCC3)c2)cc1. The zero-order valence-electron chi connectivity index (χ0n) is 20.3. The molecule has 1 N–H and O–H groups in total. The molecule has 2 aromatic rings. The van der Waals surface area contributed by atoms with Crippen LogP contribution in [0, 0.1) is 18.3 Å². The molecule has 10 heteroatoms. The molecule has 0 atom stereocenters. The third-order valence-electron chi connectivity index (χ3n) is 5.76. The highest BCUT2D eigenvalue weighted by atomic mass is 32.2. The van der Waals surface area contributed by atoms with Gasteiger partial charge in [0.25, 0.3) is 5.91 Å². The standard InChI is InChI=1S/C26H29N3O6S/c1-19-7-10-22(16-24(19)36(32,33)29-13-5-3-4-6-14-29)28-25(30)18-35-26(31)21(17-27)15-20-8-11-23(34-2)12-9-20/h7-12,15-16H,3-6,13-14,18H2,1-2H3,(H,28,30)/b21-15-. The predicted molar refractivity (Wildman–Crippen MR) is 135 cm³/mol. The average molecular weight is 512 g/mol. The van der Waals surface area contributed by atoms with Crippen molar-refractivity contribution in [2.24, 2.45) is 0 Å². The van der Waals surface area contributed by atoms with Crippen LogP contribution in [0.4, 0.5) is 5.69 Å². The van der Waals surface area contributed by atoms with E-state index in [0.29, 0.717) is 30.0 Å². The number of nitriles is 1. The number of benzene rings is 2. The van der Waals surface area contributed by atoms with Crippen LogP contribution >= 0.6 is 0 Å². The summed E-state index contributed by atoms with van der Waals surface area (Å²) < 4.78 is 38.0. The number of aryl methyl sites for hydroxylation is 1. The Morgan fingerprint density at radius 1 is 1.08 bits per heavy atom. The van der Waals surface area contributed by atoms with Gasteiger partial charge in [-0.3, -0.25) is 4.79 Å². The van der Waals surface area contributed by atoms with E-state index >= 15 is 0 Å². The summed E-state index contributed by atoms with van der Waals surface area (Å²) in [5, 5.41) is 11.9. The number of rotatable bonds is 8. The van der Waals surface area contributed by atoms with Crippen LogP contribution in [0.15, 0.2) is 52.9 Å². The number of methoxy groups -OCH3 is 1. The molecule has 0 aliphatic carbocycles. The number of carbonyl (C=O) groups is 2. The fraction of sp³-hybridized carbons (Fsp3) is 0.346. The molecule has 1 aliphatic heterocycles. The number of ether oxygens (including phenoxy) is 2. The van der Waals surface area contributed by atoms with Crippen molar-refractivity contribution in [3.05, 3.63) is 59.2 Å².